The monoisotopic (exact) mass is 686 g/mol. The number of nitrogens with one attached hydrogen (secondary N) is 2. The van der Waals surface area contributed by atoms with Gasteiger partial charge in [0, 0.05) is 43.2 Å². The van der Waals surface area contributed by atoms with Crippen molar-refractivity contribution in [3.05, 3.63) is 153 Å². The van der Waals surface area contributed by atoms with Crippen LogP contribution in [0.3, 0.4) is 0 Å². The predicted octanol–water partition coefficient (Wildman–Crippen LogP) is 8.99. The third-order valence-corrected chi connectivity index (χ3v) is 10.2. The molecule has 2 atom stereocenters. The molecule has 246 valence electrons. The molecule has 1 aliphatic rings. The van der Waals surface area contributed by atoms with E-state index < -0.39 is 12.0 Å². The summed E-state index contributed by atoms with van der Waals surface area (Å²) in [6, 6.07) is 38.3. The van der Waals surface area contributed by atoms with Crippen LogP contribution in [0.15, 0.2) is 131 Å². The molecule has 0 radical (unpaired) electrons. The van der Waals surface area contributed by atoms with E-state index in [0.29, 0.717) is 15.9 Å². The Morgan fingerprint density at radius 2 is 1.39 bits per heavy atom. The second-order valence-electron chi connectivity index (χ2n) is 13.0. The Labute approximate surface area is 294 Å². The standard InChI is InChI=1S/C41H27ClN6O3/c1-22-16-18-31-29(20-22)36-35(44-31)26-14-8-9-15-27(26)38(49)47(36)40-45-46-41(51-40)48-37(32(39(48)50)23-10-4-2-5-11-23)33-28-21-25(42)17-19-30(28)43-34(33)24-12-6-3-7-13-24/h2-21,32,37,43-44H,1H3. The quantitative estimate of drug-likeness (QED) is 0.176. The number of aromatic nitrogens is 5. The van der Waals surface area contributed by atoms with Crippen molar-refractivity contribution in [3.8, 4) is 17.3 Å². The maximum absolute atomic E-state index is 14.4. The summed E-state index contributed by atoms with van der Waals surface area (Å²) < 4.78 is 7.88. The van der Waals surface area contributed by atoms with Gasteiger partial charge in [-0.2, -0.15) is 0 Å². The van der Waals surface area contributed by atoms with E-state index in [1.807, 2.05) is 122 Å². The number of halogens is 1. The van der Waals surface area contributed by atoms with Crippen molar-refractivity contribution in [1.29, 1.82) is 0 Å². The number of nitrogens with zero attached hydrogens (tertiary/aromatic N) is 4. The van der Waals surface area contributed by atoms with E-state index in [2.05, 4.69) is 20.2 Å². The van der Waals surface area contributed by atoms with Crippen LogP contribution in [0.4, 0.5) is 6.01 Å². The fourth-order valence-corrected chi connectivity index (χ4v) is 7.89. The third-order valence-electron chi connectivity index (χ3n) is 10.00. The number of amides is 1. The summed E-state index contributed by atoms with van der Waals surface area (Å²) in [5.41, 5.74) is 7.44. The Bertz CT molecular complexity index is 2910. The Morgan fingerprint density at radius 1 is 0.706 bits per heavy atom. The van der Waals surface area contributed by atoms with E-state index in [0.717, 1.165) is 60.7 Å². The lowest BCUT2D eigenvalue weighted by molar-refractivity contribution is -0.126. The van der Waals surface area contributed by atoms with Crippen LogP contribution < -0.4 is 10.5 Å². The number of carbonyl (C=O) groups is 1. The average molecular weight is 687 g/mol. The lowest BCUT2D eigenvalue weighted by Gasteiger charge is -2.45. The lowest BCUT2D eigenvalue weighted by Crippen LogP contribution is -2.54. The minimum Gasteiger partial charge on any atom is -0.388 e. The molecule has 9 nitrogen and oxygen atoms in total. The molecule has 1 aliphatic heterocycles. The lowest BCUT2D eigenvalue weighted by atomic mass is 9.76. The van der Waals surface area contributed by atoms with Gasteiger partial charge in [0.2, 0.25) is 5.91 Å². The molecule has 1 amide bonds. The van der Waals surface area contributed by atoms with Crippen LogP contribution in [0.5, 0.6) is 0 Å². The van der Waals surface area contributed by atoms with Crippen LogP contribution in [-0.2, 0) is 4.79 Å². The number of fused-ring (bicyclic) bond motifs is 6. The van der Waals surface area contributed by atoms with Gasteiger partial charge in [0.05, 0.1) is 28.7 Å². The van der Waals surface area contributed by atoms with Gasteiger partial charge in [-0.3, -0.25) is 14.5 Å². The number of pyridine rings is 1. The zero-order valence-electron chi connectivity index (χ0n) is 27.1. The fraction of sp³-hybridized carbons (Fsp3) is 0.0732. The van der Waals surface area contributed by atoms with Gasteiger partial charge in [0.1, 0.15) is 0 Å². The molecule has 51 heavy (non-hydrogen) atoms. The highest BCUT2D eigenvalue weighted by Crippen LogP contribution is 2.53. The number of aromatic amines is 2. The van der Waals surface area contributed by atoms with Gasteiger partial charge >= 0.3 is 12.0 Å². The molecule has 5 heterocycles. The summed E-state index contributed by atoms with van der Waals surface area (Å²) in [6.07, 6.45) is 0. The topological polar surface area (TPSA) is 113 Å². The van der Waals surface area contributed by atoms with E-state index in [1.165, 1.54) is 4.57 Å². The SMILES string of the molecule is Cc1ccc2[nH]c3c4ccccc4c(=O)n(-c4nnc(N5C(=O)C(c6ccccc6)C5c5c(-c6ccccc6)[nH]c6ccc(Cl)cc56)o4)c3c2c1. The minimum atomic E-state index is -0.548. The Balaban J connectivity index is 1.20. The van der Waals surface area contributed by atoms with E-state index >= 15 is 0 Å². The molecular formula is C41H27ClN6O3. The molecule has 5 aromatic carbocycles. The molecule has 1 saturated heterocycles. The first-order valence-electron chi connectivity index (χ1n) is 16.6. The molecule has 9 aromatic rings. The molecule has 4 aromatic heterocycles. The van der Waals surface area contributed by atoms with Crippen molar-refractivity contribution in [2.24, 2.45) is 0 Å². The molecule has 0 bridgehead atoms. The summed E-state index contributed by atoms with van der Waals surface area (Å²) in [4.78, 5) is 37.3. The van der Waals surface area contributed by atoms with E-state index in [1.54, 1.807) is 11.0 Å². The molecule has 10 heteroatoms. The van der Waals surface area contributed by atoms with Crippen molar-refractivity contribution in [2.45, 2.75) is 18.9 Å². The Morgan fingerprint density at radius 3 is 2.20 bits per heavy atom. The van der Waals surface area contributed by atoms with Crippen LogP contribution in [0.25, 0.3) is 60.9 Å². The molecule has 10 rings (SSSR count). The van der Waals surface area contributed by atoms with E-state index in [-0.39, 0.29) is 23.5 Å². The second-order valence-corrected chi connectivity index (χ2v) is 13.4. The van der Waals surface area contributed by atoms with Crippen molar-refractivity contribution in [2.75, 3.05) is 4.90 Å². The van der Waals surface area contributed by atoms with Crippen molar-refractivity contribution < 1.29 is 9.21 Å². The summed E-state index contributed by atoms with van der Waals surface area (Å²) in [5, 5.41) is 12.5. The third kappa shape index (κ3) is 4.34. The molecule has 0 saturated carbocycles. The molecule has 0 aliphatic carbocycles. The maximum Gasteiger partial charge on any atom is 0.331 e. The highest BCUT2D eigenvalue weighted by molar-refractivity contribution is 6.31. The first-order valence-corrected chi connectivity index (χ1v) is 17.0. The Hall–Kier alpha value is -6.45. The van der Waals surface area contributed by atoms with Crippen LogP contribution >= 0.6 is 11.6 Å². The van der Waals surface area contributed by atoms with E-state index in [4.69, 9.17) is 16.0 Å². The normalized spacial score (nSPS) is 16.1. The Kier molecular flexibility index (Phi) is 6.37. The first-order chi connectivity index (χ1) is 25.0. The van der Waals surface area contributed by atoms with Gasteiger partial charge < -0.3 is 14.4 Å². The number of hydrogen-bond donors (Lipinski definition) is 2. The van der Waals surface area contributed by atoms with Crippen molar-refractivity contribution >= 4 is 67.1 Å². The van der Waals surface area contributed by atoms with Gasteiger partial charge in [-0.15, -0.1) is 0 Å². The highest BCUT2D eigenvalue weighted by Gasteiger charge is 2.53. The van der Waals surface area contributed by atoms with E-state index in [9.17, 15) is 9.59 Å². The number of anilines is 1. The first kappa shape index (κ1) is 29.5. The van der Waals surface area contributed by atoms with Gasteiger partial charge in [-0.25, -0.2) is 4.57 Å². The van der Waals surface area contributed by atoms with Crippen LogP contribution in [0.2, 0.25) is 5.02 Å². The number of rotatable bonds is 5. The zero-order chi connectivity index (χ0) is 34.4. The molecule has 1 fully saturated rings. The maximum atomic E-state index is 14.4. The number of aryl methyl sites for hydroxylation is 1. The summed E-state index contributed by atoms with van der Waals surface area (Å²) in [7, 11) is 0. The summed E-state index contributed by atoms with van der Waals surface area (Å²) >= 11 is 6.59. The number of benzene rings is 5. The number of β-lactam (4-membered cyclic amide) rings is 1. The van der Waals surface area contributed by atoms with Gasteiger partial charge in [-0.1, -0.05) is 112 Å². The molecule has 2 N–H and O–H groups in total. The predicted molar refractivity (Wildman–Crippen MR) is 200 cm³/mol. The fourth-order valence-electron chi connectivity index (χ4n) is 7.71. The zero-order valence-corrected chi connectivity index (χ0v) is 27.8. The van der Waals surface area contributed by atoms with Crippen LogP contribution in [-0.4, -0.2) is 30.6 Å². The largest absolute Gasteiger partial charge is 0.388 e. The smallest absolute Gasteiger partial charge is 0.331 e. The van der Waals surface area contributed by atoms with Crippen molar-refractivity contribution in [1.82, 2.24) is 24.7 Å². The second kappa shape index (κ2) is 11.0. The molecular weight excluding hydrogens is 660 g/mol. The van der Waals surface area contributed by atoms with Crippen molar-refractivity contribution in [3.63, 3.8) is 0 Å². The number of H-pyrrole nitrogens is 2. The van der Waals surface area contributed by atoms with Gasteiger partial charge in [0.15, 0.2) is 0 Å². The average Bonchev–Trinajstić information content (AvgIpc) is 3.88. The number of carbonyl (C=O) groups excluding carboxylic acids is 1. The van der Waals surface area contributed by atoms with Gasteiger partial charge in [0.25, 0.3) is 5.56 Å². The minimum absolute atomic E-state index is 0.00759. The van der Waals surface area contributed by atoms with Gasteiger partial charge in [-0.05, 0) is 54.4 Å². The number of hydrogen-bond acceptors (Lipinski definition) is 5. The van der Waals surface area contributed by atoms with Crippen LogP contribution in [0.1, 0.15) is 28.7 Å². The summed E-state index contributed by atoms with van der Waals surface area (Å²) in [6.45, 7) is 2.01. The van der Waals surface area contributed by atoms with Crippen LogP contribution in [0, 0.1) is 6.92 Å². The molecule has 0 spiro atoms. The highest BCUT2D eigenvalue weighted by atomic mass is 35.5. The summed E-state index contributed by atoms with van der Waals surface area (Å²) in [5.74, 6) is -0.746. The molecule has 2 unspecified atom stereocenters.